The minimum absolute atomic E-state index is 0.0820. The minimum atomic E-state index is -4.40. The van der Waals surface area contributed by atoms with Crippen LogP contribution in [0.25, 0.3) is 0 Å². The topological polar surface area (TPSA) is 131 Å². The molecule has 0 aliphatic rings. The molecule has 0 fully saturated rings. The molecule has 0 aliphatic heterocycles. The highest BCUT2D eigenvalue weighted by atomic mass is 31.2. The van der Waals surface area contributed by atoms with Crippen LogP contribution in [0.4, 0.5) is 0 Å². The number of phosphoric acid groups is 1. The predicted octanol–water partition coefficient (Wildman–Crippen LogP) is 9.26. The van der Waals surface area contributed by atoms with Crippen molar-refractivity contribution in [2.24, 2.45) is 0 Å². The van der Waals surface area contributed by atoms with E-state index >= 15 is 0 Å². The molecule has 9 nitrogen and oxygen atoms in total. The maximum Gasteiger partial charge on any atom is 0.472 e. The van der Waals surface area contributed by atoms with Gasteiger partial charge in [0.2, 0.25) is 5.91 Å². The molecular formula is C36H68NO8P. The lowest BCUT2D eigenvalue weighted by molar-refractivity contribution is -0.147. The average Bonchev–Trinajstić information content (AvgIpc) is 3.04. The van der Waals surface area contributed by atoms with Gasteiger partial charge in [-0.05, 0) is 44.9 Å². The number of allylic oxidation sites excluding steroid dienone is 4. The van der Waals surface area contributed by atoms with Crippen LogP contribution in [0.3, 0.4) is 0 Å². The number of hydrogen-bond donors (Lipinski definition) is 3. The van der Waals surface area contributed by atoms with Gasteiger partial charge >= 0.3 is 13.8 Å². The van der Waals surface area contributed by atoms with Crippen LogP contribution in [0.2, 0.25) is 0 Å². The second-order valence-electron chi connectivity index (χ2n) is 12.2. The molecule has 0 spiro atoms. The first-order chi connectivity index (χ1) is 22.3. The number of carbonyl (C=O) groups excluding carboxylic acids is 2. The number of phosphoric ester groups is 1. The van der Waals surface area contributed by atoms with Crippen molar-refractivity contribution in [3.05, 3.63) is 24.3 Å². The Labute approximate surface area is 280 Å². The molecule has 0 aromatic carbocycles. The number of carbonyl (C=O) groups is 2. The quantitative estimate of drug-likeness (QED) is 0.0267. The molecule has 10 heteroatoms. The smallest absolute Gasteiger partial charge is 0.463 e. The Balaban J connectivity index is 3.62. The molecule has 1 amide bonds. The van der Waals surface area contributed by atoms with Gasteiger partial charge in [-0.15, -0.1) is 0 Å². The Kier molecular flexibility index (Phi) is 32.3. The number of unbranched alkanes of at least 4 members (excludes halogenated alkanes) is 17. The molecule has 0 saturated carbocycles. The van der Waals surface area contributed by atoms with E-state index in [1.165, 1.54) is 77.0 Å². The molecule has 0 radical (unpaired) electrons. The second-order valence-corrected chi connectivity index (χ2v) is 13.7. The molecule has 270 valence electrons. The molecule has 0 bridgehead atoms. The highest BCUT2D eigenvalue weighted by Gasteiger charge is 2.23. The van der Waals surface area contributed by atoms with Crippen LogP contribution in [0.15, 0.2) is 24.3 Å². The summed E-state index contributed by atoms with van der Waals surface area (Å²) in [6, 6.07) is 0. The summed E-state index contributed by atoms with van der Waals surface area (Å²) in [4.78, 5) is 33.6. The zero-order valence-corrected chi connectivity index (χ0v) is 30.2. The third-order valence-corrected chi connectivity index (χ3v) is 8.62. The number of amides is 1. The fourth-order valence-electron chi connectivity index (χ4n) is 4.82. The van der Waals surface area contributed by atoms with E-state index in [9.17, 15) is 24.2 Å². The third-order valence-electron chi connectivity index (χ3n) is 7.63. The molecule has 0 aliphatic carbocycles. The van der Waals surface area contributed by atoms with Crippen molar-refractivity contribution in [3.63, 3.8) is 0 Å². The molecule has 0 heterocycles. The molecule has 3 N–H and O–H groups in total. The summed E-state index contributed by atoms with van der Waals surface area (Å²) in [5.41, 5.74) is 0. The Morgan fingerprint density at radius 3 is 1.76 bits per heavy atom. The van der Waals surface area contributed by atoms with Crippen LogP contribution >= 0.6 is 7.82 Å². The fourth-order valence-corrected chi connectivity index (χ4v) is 5.58. The van der Waals surface area contributed by atoms with E-state index in [1.54, 1.807) is 0 Å². The number of nitrogens with one attached hydrogen (secondary N) is 1. The normalized spacial score (nSPS) is 13.7. The monoisotopic (exact) mass is 673 g/mol. The summed E-state index contributed by atoms with van der Waals surface area (Å²) in [5.74, 6) is -0.530. The van der Waals surface area contributed by atoms with E-state index in [4.69, 9.17) is 13.8 Å². The van der Waals surface area contributed by atoms with Gasteiger partial charge in [0.25, 0.3) is 0 Å². The molecule has 2 unspecified atom stereocenters. The number of aliphatic hydroxyl groups excluding tert-OH is 1. The van der Waals surface area contributed by atoms with Gasteiger partial charge in [0.05, 0.1) is 13.2 Å². The van der Waals surface area contributed by atoms with Crippen molar-refractivity contribution in [1.82, 2.24) is 5.32 Å². The van der Waals surface area contributed by atoms with Gasteiger partial charge in [-0.3, -0.25) is 18.6 Å². The average molecular weight is 674 g/mol. The highest BCUT2D eigenvalue weighted by molar-refractivity contribution is 7.47. The van der Waals surface area contributed by atoms with Gasteiger partial charge in [0.1, 0.15) is 12.7 Å². The predicted molar refractivity (Wildman–Crippen MR) is 188 cm³/mol. The van der Waals surface area contributed by atoms with Gasteiger partial charge in [-0.1, -0.05) is 128 Å². The van der Waals surface area contributed by atoms with Crippen LogP contribution in [-0.4, -0.2) is 54.3 Å². The Hall–Kier alpha value is -1.51. The maximum atomic E-state index is 12.0. The zero-order valence-electron chi connectivity index (χ0n) is 29.3. The lowest BCUT2D eigenvalue weighted by Gasteiger charge is -2.15. The Morgan fingerprint density at radius 2 is 1.17 bits per heavy atom. The summed E-state index contributed by atoms with van der Waals surface area (Å²) in [6.07, 6.45) is 32.6. The van der Waals surface area contributed by atoms with Crippen molar-refractivity contribution in [1.29, 1.82) is 0 Å². The molecule has 2 atom stereocenters. The van der Waals surface area contributed by atoms with Crippen LogP contribution in [-0.2, 0) is 27.9 Å². The largest absolute Gasteiger partial charge is 0.472 e. The molecule has 0 aromatic heterocycles. The van der Waals surface area contributed by atoms with E-state index in [-0.39, 0.29) is 32.1 Å². The summed E-state index contributed by atoms with van der Waals surface area (Å²) in [7, 11) is -4.40. The van der Waals surface area contributed by atoms with Crippen LogP contribution in [0.5, 0.6) is 0 Å². The van der Waals surface area contributed by atoms with Gasteiger partial charge in [0.15, 0.2) is 0 Å². The van der Waals surface area contributed by atoms with E-state index < -0.39 is 26.5 Å². The van der Waals surface area contributed by atoms with Crippen molar-refractivity contribution in [3.8, 4) is 0 Å². The lowest BCUT2D eigenvalue weighted by atomic mass is 10.1. The molecule has 0 aromatic rings. The maximum absolute atomic E-state index is 12.0. The van der Waals surface area contributed by atoms with Crippen molar-refractivity contribution < 1.29 is 37.9 Å². The van der Waals surface area contributed by atoms with Gasteiger partial charge in [-0.2, -0.15) is 0 Å². The van der Waals surface area contributed by atoms with E-state index in [2.05, 4.69) is 43.5 Å². The summed E-state index contributed by atoms with van der Waals surface area (Å²) >= 11 is 0. The van der Waals surface area contributed by atoms with Crippen LogP contribution < -0.4 is 5.32 Å². The SMILES string of the molecule is CCCCCC/C=C\C/C=C\CCCCCCCCCC(=O)OCC(O)COP(=O)(O)OCCNC(=O)CCCCCCCCC. The Bertz CT molecular complexity index is 820. The first-order valence-electron chi connectivity index (χ1n) is 18.3. The standard InChI is InChI=1S/C36H68NO8P/c1-3-5-7-9-11-12-13-14-15-16-17-18-19-20-21-23-25-27-29-36(40)43-32-34(38)33-45-46(41,42)44-31-30-37-35(39)28-26-24-22-10-8-6-4-2/h12-13,15-16,34,38H,3-11,14,17-33H2,1-2H3,(H,37,39)(H,41,42)/b13-12-,16-15-. The van der Waals surface area contributed by atoms with Gasteiger partial charge in [0, 0.05) is 19.4 Å². The number of rotatable bonds is 34. The lowest BCUT2D eigenvalue weighted by Crippen LogP contribution is -2.27. The molecule has 0 saturated heterocycles. The second kappa shape index (κ2) is 33.4. The summed E-state index contributed by atoms with van der Waals surface area (Å²) in [5, 5.41) is 12.6. The number of aliphatic hydroxyl groups is 1. The van der Waals surface area contributed by atoms with E-state index in [0.29, 0.717) is 6.42 Å². The van der Waals surface area contributed by atoms with Gasteiger partial charge < -0.3 is 20.1 Å². The third kappa shape index (κ3) is 33.8. The number of esters is 1. The number of ether oxygens (including phenoxy) is 1. The van der Waals surface area contributed by atoms with Crippen molar-refractivity contribution >= 4 is 19.7 Å². The summed E-state index contributed by atoms with van der Waals surface area (Å²) < 4.78 is 26.6. The number of hydrogen-bond acceptors (Lipinski definition) is 7. The fraction of sp³-hybridized carbons (Fsp3) is 0.833. The van der Waals surface area contributed by atoms with E-state index in [0.717, 1.165) is 57.8 Å². The molecule has 0 rings (SSSR count). The highest BCUT2D eigenvalue weighted by Crippen LogP contribution is 2.42. The summed E-state index contributed by atoms with van der Waals surface area (Å²) in [6.45, 7) is 3.47. The first-order valence-corrected chi connectivity index (χ1v) is 19.8. The zero-order chi connectivity index (χ0) is 34.0. The van der Waals surface area contributed by atoms with Crippen molar-refractivity contribution in [2.75, 3.05) is 26.4 Å². The first kappa shape index (κ1) is 44.5. The minimum Gasteiger partial charge on any atom is -0.463 e. The van der Waals surface area contributed by atoms with Crippen molar-refractivity contribution in [2.45, 2.75) is 168 Å². The van der Waals surface area contributed by atoms with Gasteiger partial charge in [-0.25, -0.2) is 4.57 Å². The van der Waals surface area contributed by atoms with Crippen LogP contribution in [0, 0.1) is 0 Å². The van der Waals surface area contributed by atoms with E-state index in [1.807, 2.05) is 0 Å². The Morgan fingerprint density at radius 1 is 0.674 bits per heavy atom. The molecular weight excluding hydrogens is 605 g/mol. The van der Waals surface area contributed by atoms with Crippen LogP contribution in [0.1, 0.15) is 162 Å². The molecule has 46 heavy (non-hydrogen) atoms.